The molecule has 7 heteroatoms. The van der Waals surface area contributed by atoms with Gasteiger partial charge in [-0.15, -0.1) is 0 Å². The number of nitrogens with one attached hydrogen (secondary N) is 2. The second-order valence-electron chi connectivity index (χ2n) is 7.09. The van der Waals surface area contributed by atoms with Crippen LogP contribution in [0.5, 0.6) is 5.75 Å². The van der Waals surface area contributed by atoms with Gasteiger partial charge < -0.3 is 15.4 Å². The number of benzene rings is 2. The maximum atomic E-state index is 12.4. The van der Waals surface area contributed by atoms with Gasteiger partial charge in [-0.25, -0.2) is 0 Å². The first-order chi connectivity index (χ1) is 14.4. The summed E-state index contributed by atoms with van der Waals surface area (Å²) in [6, 6.07) is 15.4. The monoisotopic (exact) mass is 421 g/mol. The summed E-state index contributed by atoms with van der Waals surface area (Å²) in [5.74, 6) is 0.0760. The van der Waals surface area contributed by atoms with Crippen molar-refractivity contribution >= 4 is 29.3 Å². The molecule has 154 valence electrons. The van der Waals surface area contributed by atoms with Gasteiger partial charge in [-0.2, -0.15) is 5.26 Å². The summed E-state index contributed by atoms with van der Waals surface area (Å²) in [5.41, 5.74) is 4.18. The molecule has 1 heterocycles. The van der Waals surface area contributed by atoms with Gasteiger partial charge in [-0.05, 0) is 43.2 Å². The van der Waals surface area contributed by atoms with Crippen molar-refractivity contribution in [2.75, 3.05) is 18.2 Å². The van der Waals surface area contributed by atoms with Crippen molar-refractivity contribution in [2.24, 2.45) is 0 Å². The molecule has 2 amide bonds. The molecule has 0 aromatic heterocycles. The molecule has 1 atom stereocenters. The Labute approximate surface area is 180 Å². The molecule has 0 radical (unpaired) electrons. The Hall–Kier alpha value is -3.24. The lowest BCUT2D eigenvalue weighted by Gasteiger charge is -2.25. The van der Waals surface area contributed by atoms with Gasteiger partial charge in [0.25, 0.3) is 0 Å². The number of rotatable bonds is 6. The Bertz CT molecular complexity index is 1040. The first-order valence-electron chi connectivity index (χ1n) is 9.49. The van der Waals surface area contributed by atoms with E-state index in [-0.39, 0.29) is 29.9 Å². The average Bonchev–Trinajstić information content (AvgIpc) is 2.74. The van der Waals surface area contributed by atoms with Gasteiger partial charge in [0.15, 0.2) is 0 Å². The van der Waals surface area contributed by atoms with Crippen molar-refractivity contribution in [3.8, 4) is 11.8 Å². The van der Waals surface area contributed by atoms with Crippen LogP contribution in [0.1, 0.15) is 29.0 Å². The average molecular weight is 422 g/mol. The predicted molar refractivity (Wildman–Crippen MR) is 118 cm³/mol. The third kappa shape index (κ3) is 5.02. The standard InChI is InChI=1S/C23H23N3O3S/c1-14-4-9-20(15(2)10-14)25-22(28)13-30-23-19(12-24)18(11-21(27)26-23)16-5-7-17(29-3)8-6-16/h4-10,18H,11,13H2,1-3H3,(H,25,28)(H,26,27)/t18-/m0/s1. The molecule has 0 saturated heterocycles. The molecule has 0 aliphatic carbocycles. The number of methoxy groups -OCH3 is 1. The number of carbonyl (C=O) groups is 2. The number of nitriles is 1. The molecule has 1 aliphatic heterocycles. The van der Waals surface area contributed by atoms with Crippen LogP contribution in [0.25, 0.3) is 0 Å². The predicted octanol–water partition coefficient (Wildman–Crippen LogP) is 4.02. The SMILES string of the molecule is COc1ccc([C@@H]2CC(=O)NC(SCC(=O)Nc3ccc(C)cc3C)=C2C#N)cc1. The van der Waals surface area contributed by atoms with Crippen LogP contribution in [0.4, 0.5) is 5.69 Å². The molecule has 30 heavy (non-hydrogen) atoms. The number of hydrogen-bond donors (Lipinski definition) is 2. The summed E-state index contributed by atoms with van der Waals surface area (Å²) in [6.07, 6.45) is 0.189. The first-order valence-corrected chi connectivity index (χ1v) is 10.5. The Morgan fingerprint density at radius 2 is 2.00 bits per heavy atom. The molecule has 2 aromatic carbocycles. The van der Waals surface area contributed by atoms with Gasteiger partial charge in [0.1, 0.15) is 5.75 Å². The molecular weight excluding hydrogens is 398 g/mol. The second kappa shape index (κ2) is 9.51. The van der Waals surface area contributed by atoms with E-state index in [1.54, 1.807) is 19.2 Å². The summed E-state index contributed by atoms with van der Waals surface area (Å²) in [6.45, 7) is 3.93. The van der Waals surface area contributed by atoms with Crippen LogP contribution in [0.15, 0.2) is 53.1 Å². The van der Waals surface area contributed by atoms with Crippen molar-refractivity contribution in [1.29, 1.82) is 5.26 Å². The van der Waals surface area contributed by atoms with Gasteiger partial charge >= 0.3 is 0 Å². The number of nitrogens with zero attached hydrogens (tertiary/aromatic N) is 1. The fraction of sp³-hybridized carbons (Fsp3) is 0.261. The summed E-state index contributed by atoms with van der Waals surface area (Å²) < 4.78 is 5.18. The van der Waals surface area contributed by atoms with Gasteiger partial charge in [-0.3, -0.25) is 9.59 Å². The largest absolute Gasteiger partial charge is 0.497 e. The summed E-state index contributed by atoms with van der Waals surface area (Å²) in [4.78, 5) is 24.7. The molecule has 0 bridgehead atoms. The van der Waals surface area contributed by atoms with E-state index < -0.39 is 0 Å². The van der Waals surface area contributed by atoms with E-state index in [4.69, 9.17) is 4.74 Å². The quantitative estimate of drug-likeness (QED) is 0.735. The van der Waals surface area contributed by atoms with Crippen LogP contribution in [0, 0.1) is 25.2 Å². The molecule has 0 spiro atoms. The number of allylic oxidation sites excluding steroid dienone is 1. The van der Waals surface area contributed by atoms with Crippen molar-refractivity contribution in [3.05, 3.63) is 69.8 Å². The Kier molecular flexibility index (Phi) is 6.80. The van der Waals surface area contributed by atoms with Crippen LogP contribution >= 0.6 is 11.8 Å². The number of amides is 2. The number of aryl methyl sites for hydroxylation is 2. The smallest absolute Gasteiger partial charge is 0.234 e. The maximum absolute atomic E-state index is 12.4. The lowest BCUT2D eigenvalue weighted by Crippen LogP contribution is -2.31. The van der Waals surface area contributed by atoms with E-state index in [0.717, 1.165) is 34.1 Å². The normalized spacial score (nSPS) is 15.9. The molecule has 0 saturated carbocycles. The Balaban J connectivity index is 1.75. The Morgan fingerprint density at radius 3 is 2.63 bits per heavy atom. The molecule has 1 aliphatic rings. The highest BCUT2D eigenvalue weighted by Gasteiger charge is 2.29. The number of hydrogen-bond acceptors (Lipinski definition) is 5. The van der Waals surface area contributed by atoms with E-state index in [0.29, 0.717) is 16.4 Å². The Morgan fingerprint density at radius 1 is 1.27 bits per heavy atom. The first kappa shape index (κ1) is 21.5. The third-order valence-electron chi connectivity index (χ3n) is 4.88. The molecule has 0 unspecified atom stereocenters. The molecule has 2 N–H and O–H groups in total. The number of ether oxygens (including phenoxy) is 1. The van der Waals surface area contributed by atoms with Gasteiger partial charge in [0.2, 0.25) is 11.8 Å². The van der Waals surface area contributed by atoms with Crippen molar-refractivity contribution < 1.29 is 14.3 Å². The topological polar surface area (TPSA) is 91.2 Å². The van der Waals surface area contributed by atoms with Crippen molar-refractivity contribution in [1.82, 2.24) is 5.32 Å². The van der Waals surface area contributed by atoms with E-state index in [1.165, 1.54) is 0 Å². The number of carbonyl (C=O) groups excluding carboxylic acids is 2. The minimum Gasteiger partial charge on any atom is -0.497 e. The van der Waals surface area contributed by atoms with Crippen LogP contribution < -0.4 is 15.4 Å². The number of anilines is 1. The molecule has 2 aromatic rings. The van der Waals surface area contributed by atoms with E-state index in [2.05, 4.69) is 16.7 Å². The fourth-order valence-corrected chi connectivity index (χ4v) is 4.21. The fourth-order valence-electron chi connectivity index (χ4n) is 3.33. The van der Waals surface area contributed by atoms with Crippen LogP contribution in [0.2, 0.25) is 0 Å². The highest BCUT2D eigenvalue weighted by atomic mass is 32.2. The maximum Gasteiger partial charge on any atom is 0.234 e. The van der Waals surface area contributed by atoms with Gasteiger partial charge in [0.05, 0.1) is 29.5 Å². The molecular formula is C23H23N3O3S. The summed E-state index contributed by atoms with van der Waals surface area (Å²) in [7, 11) is 1.58. The van der Waals surface area contributed by atoms with E-state index >= 15 is 0 Å². The number of thioether (sulfide) groups is 1. The zero-order chi connectivity index (χ0) is 21.7. The molecule has 3 rings (SSSR count). The minimum absolute atomic E-state index is 0.0867. The molecule has 6 nitrogen and oxygen atoms in total. The van der Waals surface area contributed by atoms with Crippen LogP contribution in [-0.4, -0.2) is 24.7 Å². The van der Waals surface area contributed by atoms with Crippen LogP contribution in [0.3, 0.4) is 0 Å². The second-order valence-corrected chi connectivity index (χ2v) is 8.07. The lowest BCUT2D eigenvalue weighted by atomic mass is 9.87. The van der Waals surface area contributed by atoms with Gasteiger partial charge in [-0.1, -0.05) is 41.6 Å². The summed E-state index contributed by atoms with van der Waals surface area (Å²) >= 11 is 1.16. The van der Waals surface area contributed by atoms with Crippen LogP contribution in [-0.2, 0) is 9.59 Å². The highest BCUT2D eigenvalue weighted by molar-refractivity contribution is 8.03. The van der Waals surface area contributed by atoms with Crippen molar-refractivity contribution in [2.45, 2.75) is 26.2 Å². The minimum atomic E-state index is -0.348. The molecule has 0 fully saturated rings. The third-order valence-corrected chi connectivity index (χ3v) is 5.89. The zero-order valence-electron chi connectivity index (χ0n) is 17.1. The van der Waals surface area contributed by atoms with E-state index in [9.17, 15) is 14.9 Å². The van der Waals surface area contributed by atoms with E-state index in [1.807, 2.05) is 44.2 Å². The van der Waals surface area contributed by atoms with Gasteiger partial charge in [0, 0.05) is 18.0 Å². The zero-order valence-corrected chi connectivity index (χ0v) is 17.9. The highest BCUT2D eigenvalue weighted by Crippen LogP contribution is 2.36. The lowest BCUT2D eigenvalue weighted by molar-refractivity contribution is -0.121. The summed E-state index contributed by atoms with van der Waals surface area (Å²) in [5, 5.41) is 15.8. The van der Waals surface area contributed by atoms with Crippen molar-refractivity contribution in [3.63, 3.8) is 0 Å².